The quantitative estimate of drug-likeness (QED) is 0.647. The minimum absolute atomic E-state index is 0.0717. The number of hydrogen-bond donors (Lipinski definition) is 1. The zero-order valence-corrected chi connectivity index (χ0v) is 16.4. The minimum atomic E-state index is 0.0717. The largest absolute Gasteiger partial charge is 0.343 e. The van der Waals surface area contributed by atoms with Crippen LogP contribution in [0.4, 0.5) is 0 Å². The normalized spacial score (nSPS) is 15.2. The molecule has 4 nitrogen and oxygen atoms in total. The fourth-order valence-corrected chi connectivity index (χ4v) is 3.50. The molecule has 2 rings (SSSR count). The second kappa shape index (κ2) is 11.1. The van der Waals surface area contributed by atoms with Crippen LogP contribution in [0.1, 0.15) is 68.3 Å². The number of ketones is 1. The number of carbonyl (C=O) groups excluding carboxylic acids is 2. The molecule has 1 aromatic carbocycles. The van der Waals surface area contributed by atoms with Gasteiger partial charge in [0, 0.05) is 31.5 Å². The van der Waals surface area contributed by atoms with E-state index in [2.05, 4.69) is 19.2 Å². The van der Waals surface area contributed by atoms with E-state index in [1.165, 1.54) is 18.4 Å². The number of rotatable bonds is 10. The Bertz CT molecular complexity index is 560. The van der Waals surface area contributed by atoms with Crippen LogP contribution in [0.3, 0.4) is 0 Å². The van der Waals surface area contributed by atoms with Crippen LogP contribution in [0.25, 0.3) is 0 Å². The van der Waals surface area contributed by atoms with E-state index in [1.54, 1.807) is 0 Å². The van der Waals surface area contributed by atoms with E-state index >= 15 is 0 Å². The molecule has 1 heterocycles. The van der Waals surface area contributed by atoms with Crippen LogP contribution in [-0.4, -0.2) is 42.8 Å². The smallest absolute Gasteiger partial charge is 0.223 e. The standard InChI is InChI=1S/C22H34N2O2/c1-3-5-6-18-7-9-20(10-8-18)21(25)11-12-22(26)24-15-13-19(14-16-24)17-23-4-2/h7-10,19,23H,3-6,11-17H2,1-2H3. The van der Waals surface area contributed by atoms with Gasteiger partial charge in [0.05, 0.1) is 0 Å². The van der Waals surface area contributed by atoms with Crippen LogP contribution < -0.4 is 5.32 Å². The maximum absolute atomic E-state index is 12.4. The van der Waals surface area contributed by atoms with E-state index in [0.29, 0.717) is 18.8 Å². The van der Waals surface area contributed by atoms with Gasteiger partial charge in [-0.3, -0.25) is 9.59 Å². The number of Topliss-reactive ketones (excluding diaryl/α,β-unsaturated/α-hetero) is 1. The summed E-state index contributed by atoms with van der Waals surface area (Å²) < 4.78 is 0. The first-order valence-electron chi connectivity index (χ1n) is 10.2. The monoisotopic (exact) mass is 358 g/mol. The van der Waals surface area contributed by atoms with Crippen molar-refractivity contribution in [3.05, 3.63) is 35.4 Å². The van der Waals surface area contributed by atoms with Crippen LogP contribution >= 0.6 is 0 Å². The number of amides is 1. The summed E-state index contributed by atoms with van der Waals surface area (Å²) in [6.07, 6.45) is 6.17. The predicted octanol–water partition coefficient (Wildman–Crippen LogP) is 3.84. The second-order valence-electron chi connectivity index (χ2n) is 7.36. The number of unbranched alkanes of at least 4 members (excludes halogenated alkanes) is 1. The number of piperidine rings is 1. The first-order valence-corrected chi connectivity index (χ1v) is 10.2. The highest BCUT2D eigenvalue weighted by Crippen LogP contribution is 2.18. The number of nitrogens with zero attached hydrogens (tertiary/aromatic N) is 1. The Hall–Kier alpha value is -1.68. The summed E-state index contributed by atoms with van der Waals surface area (Å²) in [5, 5.41) is 3.39. The average molecular weight is 359 g/mol. The molecule has 1 N–H and O–H groups in total. The SMILES string of the molecule is CCCCc1ccc(C(=O)CCC(=O)N2CCC(CNCC)CC2)cc1. The maximum Gasteiger partial charge on any atom is 0.223 e. The number of carbonyl (C=O) groups is 2. The van der Waals surface area contributed by atoms with Gasteiger partial charge in [-0.25, -0.2) is 0 Å². The average Bonchev–Trinajstić information content (AvgIpc) is 2.69. The summed E-state index contributed by atoms with van der Waals surface area (Å²) in [7, 11) is 0. The molecule has 0 aliphatic carbocycles. The topological polar surface area (TPSA) is 49.4 Å². The zero-order chi connectivity index (χ0) is 18.8. The van der Waals surface area contributed by atoms with Crippen molar-refractivity contribution >= 4 is 11.7 Å². The fourth-order valence-electron chi connectivity index (χ4n) is 3.50. The summed E-state index contributed by atoms with van der Waals surface area (Å²) >= 11 is 0. The van der Waals surface area contributed by atoms with Crippen molar-refractivity contribution in [1.82, 2.24) is 10.2 Å². The number of likely N-dealkylation sites (tertiary alicyclic amines) is 1. The minimum Gasteiger partial charge on any atom is -0.343 e. The third-order valence-electron chi connectivity index (χ3n) is 5.31. The Kier molecular flexibility index (Phi) is 8.82. The van der Waals surface area contributed by atoms with Crippen molar-refractivity contribution in [2.75, 3.05) is 26.2 Å². The molecule has 144 valence electrons. The highest BCUT2D eigenvalue weighted by atomic mass is 16.2. The summed E-state index contributed by atoms with van der Waals surface area (Å²) in [4.78, 5) is 26.7. The molecular weight excluding hydrogens is 324 g/mol. The molecule has 0 atom stereocenters. The Morgan fingerprint density at radius 3 is 2.38 bits per heavy atom. The van der Waals surface area contributed by atoms with Gasteiger partial charge in [-0.15, -0.1) is 0 Å². The molecule has 0 saturated carbocycles. The van der Waals surface area contributed by atoms with Gasteiger partial charge >= 0.3 is 0 Å². The van der Waals surface area contributed by atoms with Crippen LogP contribution in [0.2, 0.25) is 0 Å². The number of aryl methyl sites for hydroxylation is 1. The molecule has 1 fully saturated rings. The lowest BCUT2D eigenvalue weighted by Gasteiger charge is -2.32. The van der Waals surface area contributed by atoms with Crippen molar-refractivity contribution in [3.63, 3.8) is 0 Å². The highest BCUT2D eigenvalue weighted by molar-refractivity contribution is 5.98. The van der Waals surface area contributed by atoms with E-state index in [9.17, 15) is 9.59 Å². The number of benzene rings is 1. The van der Waals surface area contributed by atoms with Crippen molar-refractivity contribution in [3.8, 4) is 0 Å². The lowest BCUT2D eigenvalue weighted by Crippen LogP contribution is -2.40. The van der Waals surface area contributed by atoms with Gasteiger partial charge in [0.15, 0.2) is 5.78 Å². The second-order valence-corrected chi connectivity index (χ2v) is 7.36. The Balaban J connectivity index is 1.72. The van der Waals surface area contributed by atoms with Crippen LogP contribution in [0.15, 0.2) is 24.3 Å². The molecule has 1 aliphatic rings. The Morgan fingerprint density at radius 1 is 1.08 bits per heavy atom. The van der Waals surface area contributed by atoms with Crippen molar-refractivity contribution in [2.45, 2.75) is 58.8 Å². The van der Waals surface area contributed by atoms with Crippen LogP contribution in [-0.2, 0) is 11.2 Å². The van der Waals surface area contributed by atoms with Gasteiger partial charge in [-0.2, -0.15) is 0 Å². The molecule has 0 aromatic heterocycles. The van der Waals surface area contributed by atoms with Gasteiger partial charge < -0.3 is 10.2 Å². The van der Waals surface area contributed by atoms with Gasteiger partial charge in [-0.05, 0) is 50.3 Å². The molecule has 0 unspecified atom stereocenters. The van der Waals surface area contributed by atoms with Gasteiger partial charge in [0.2, 0.25) is 5.91 Å². The van der Waals surface area contributed by atoms with E-state index in [4.69, 9.17) is 0 Å². The number of hydrogen-bond acceptors (Lipinski definition) is 3. The molecule has 1 aliphatic heterocycles. The van der Waals surface area contributed by atoms with Gasteiger partial charge in [-0.1, -0.05) is 44.5 Å². The molecule has 0 bridgehead atoms. The lowest BCUT2D eigenvalue weighted by atomic mass is 9.96. The van der Waals surface area contributed by atoms with Gasteiger partial charge in [0.1, 0.15) is 0 Å². The van der Waals surface area contributed by atoms with E-state index in [0.717, 1.165) is 51.0 Å². The van der Waals surface area contributed by atoms with Crippen molar-refractivity contribution in [1.29, 1.82) is 0 Å². The van der Waals surface area contributed by atoms with E-state index in [1.807, 2.05) is 29.2 Å². The summed E-state index contributed by atoms with van der Waals surface area (Å²) in [5.74, 6) is 0.870. The van der Waals surface area contributed by atoms with Crippen LogP contribution in [0, 0.1) is 5.92 Å². The molecule has 4 heteroatoms. The summed E-state index contributed by atoms with van der Waals surface area (Å²) in [6, 6.07) is 7.90. The van der Waals surface area contributed by atoms with Gasteiger partial charge in [0.25, 0.3) is 0 Å². The Labute approximate surface area is 158 Å². The van der Waals surface area contributed by atoms with Crippen molar-refractivity contribution in [2.24, 2.45) is 5.92 Å². The van der Waals surface area contributed by atoms with Crippen molar-refractivity contribution < 1.29 is 9.59 Å². The highest BCUT2D eigenvalue weighted by Gasteiger charge is 2.22. The summed E-state index contributed by atoms with van der Waals surface area (Å²) in [5.41, 5.74) is 2.00. The molecular formula is C22H34N2O2. The first kappa shape index (κ1) is 20.6. The first-order chi connectivity index (χ1) is 12.6. The predicted molar refractivity (Wildman–Crippen MR) is 106 cm³/mol. The molecule has 1 saturated heterocycles. The Morgan fingerprint density at radius 2 is 1.77 bits per heavy atom. The third-order valence-corrected chi connectivity index (χ3v) is 5.31. The molecule has 1 aromatic rings. The van der Waals surface area contributed by atoms with Crippen LogP contribution in [0.5, 0.6) is 0 Å². The third kappa shape index (κ3) is 6.56. The zero-order valence-electron chi connectivity index (χ0n) is 16.4. The number of nitrogens with one attached hydrogen (secondary N) is 1. The summed E-state index contributed by atoms with van der Waals surface area (Å²) in [6.45, 7) is 8.00. The lowest BCUT2D eigenvalue weighted by molar-refractivity contribution is -0.132. The molecule has 26 heavy (non-hydrogen) atoms. The molecule has 0 spiro atoms. The van der Waals surface area contributed by atoms with E-state index < -0.39 is 0 Å². The molecule has 0 radical (unpaired) electrons. The maximum atomic E-state index is 12.4. The van der Waals surface area contributed by atoms with E-state index in [-0.39, 0.29) is 11.7 Å². The fraction of sp³-hybridized carbons (Fsp3) is 0.636. The molecule has 1 amide bonds.